The lowest BCUT2D eigenvalue weighted by Crippen LogP contribution is -2.07. The van der Waals surface area contributed by atoms with Gasteiger partial charge < -0.3 is 15.2 Å². The van der Waals surface area contributed by atoms with E-state index in [1.54, 1.807) is 36.4 Å². The summed E-state index contributed by atoms with van der Waals surface area (Å²) >= 11 is 0. The molecule has 0 unspecified atom stereocenters. The maximum Gasteiger partial charge on any atom is 0.195 e. The van der Waals surface area contributed by atoms with Crippen molar-refractivity contribution in [3.05, 3.63) is 53.6 Å². The summed E-state index contributed by atoms with van der Waals surface area (Å²) in [6.07, 6.45) is 1.80. The van der Waals surface area contributed by atoms with Crippen molar-refractivity contribution in [1.82, 2.24) is 0 Å². The van der Waals surface area contributed by atoms with Crippen LogP contribution in [-0.4, -0.2) is 19.0 Å². The van der Waals surface area contributed by atoms with Crippen molar-refractivity contribution in [2.24, 2.45) is 0 Å². The Morgan fingerprint density at radius 1 is 0.957 bits per heavy atom. The average Bonchev–Trinajstić information content (AvgIpc) is 2.58. The molecule has 0 amide bonds. The van der Waals surface area contributed by atoms with Crippen molar-refractivity contribution < 1.29 is 14.3 Å². The zero-order valence-corrected chi connectivity index (χ0v) is 13.7. The third-order valence-corrected chi connectivity index (χ3v) is 3.33. The average molecular weight is 313 g/mol. The van der Waals surface area contributed by atoms with Crippen LogP contribution in [0.4, 0.5) is 5.69 Å². The highest BCUT2D eigenvalue weighted by Crippen LogP contribution is 2.30. The van der Waals surface area contributed by atoms with Gasteiger partial charge in [0.05, 0.1) is 13.2 Å². The smallest absolute Gasteiger partial charge is 0.195 e. The van der Waals surface area contributed by atoms with Crippen molar-refractivity contribution in [1.29, 1.82) is 0 Å². The summed E-state index contributed by atoms with van der Waals surface area (Å²) in [7, 11) is 0. The second-order valence-electron chi connectivity index (χ2n) is 5.27. The van der Waals surface area contributed by atoms with Crippen molar-refractivity contribution in [2.75, 3.05) is 18.9 Å². The second kappa shape index (κ2) is 8.22. The molecule has 23 heavy (non-hydrogen) atoms. The number of hydrogen-bond acceptors (Lipinski definition) is 4. The molecule has 0 aromatic heterocycles. The quantitative estimate of drug-likeness (QED) is 0.589. The highest BCUT2D eigenvalue weighted by molar-refractivity contribution is 6.12. The third kappa shape index (κ3) is 4.25. The number of carbonyl (C=O) groups excluding carboxylic acids is 1. The lowest BCUT2D eigenvalue weighted by atomic mass is 10.0. The molecule has 0 radical (unpaired) electrons. The van der Waals surface area contributed by atoms with Crippen LogP contribution in [0.15, 0.2) is 42.5 Å². The number of nitrogen functional groups attached to an aromatic ring is 1. The van der Waals surface area contributed by atoms with Crippen molar-refractivity contribution in [2.45, 2.75) is 26.7 Å². The van der Waals surface area contributed by atoms with Crippen LogP contribution in [-0.2, 0) is 0 Å². The van der Waals surface area contributed by atoms with Crippen LogP contribution in [0.25, 0.3) is 0 Å². The lowest BCUT2D eigenvalue weighted by molar-refractivity contribution is 0.103. The zero-order chi connectivity index (χ0) is 16.7. The van der Waals surface area contributed by atoms with Gasteiger partial charge >= 0.3 is 0 Å². The highest BCUT2D eigenvalue weighted by Gasteiger charge is 2.15. The van der Waals surface area contributed by atoms with Gasteiger partial charge in [-0.3, -0.25) is 4.79 Å². The van der Waals surface area contributed by atoms with Crippen LogP contribution < -0.4 is 15.2 Å². The summed E-state index contributed by atoms with van der Waals surface area (Å²) in [4.78, 5) is 12.6. The molecule has 4 heteroatoms. The molecule has 0 heterocycles. The fourth-order valence-corrected chi connectivity index (χ4v) is 2.16. The Kier molecular flexibility index (Phi) is 6.03. The first-order chi connectivity index (χ1) is 11.2. The van der Waals surface area contributed by atoms with E-state index >= 15 is 0 Å². The van der Waals surface area contributed by atoms with E-state index in [0.717, 1.165) is 12.8 Å². The van der Waals surface area contributed by atoms with Crippen LogP contribution in [0.1, 0.15) is 42.6 Å². The molecule has 0 fully saturated rings. The molecule has 2 aromatic carbocycles. The molecule has 0 aliphatic rings. The standard InChI is InChI=1S/C19H23NO3/c1-3-11-22-17-10-9-14(13-18(17)23-12-4-2)19(21)15-7-5-6-8-16(15)20/h5-10,13H,3-4,11-12,20H2,1-2H3. The van der Waals surface area contributed by atoms with E-state index in [-0.39, 0.29) is 5.78 Å². The Balaban J connectivity index is 2.32. The molecule has 0 bridgehead atoms. The van der Waals surface area contributed by atoms with Gasteiger partial charge in [-0.25, -0.2) is 0 Å². The number of hydrogen-bond donors (Lipinski definition) is 1. The molecule has 0 saturated carbocycles. The largest absolute Gasteiger partial charge is 0.490 e. The number of rotatable bonds is 8. The van der Waals surface area contributed by atoms with E-state index in [0.29, 0.717) is 41.5 Å². The first kappa shape index (κ1) is 16.9. The van der Waals surface area contributed by atoms with E-state index in [9.17, 15) is 4.79 Å². The minimum Gasteiger partial charge on any atom is -0.490 e. The summed E-state index contributed by atoms with van der Waals surface area (Å²) in [6, 6.07) is 12.3. The van der Waals surface area contributed by atoms with Crippen molar-refractivity contribution >= 4 is 11.5 Å². The van der Waals surface area contributed by atoms with Gasteiger partial charge in [-0.1, -0.05) is 26.0 Å². The van der Waals surface area contributed by atoms with Gasteiger partial charge in [0, 0.05) is 16.8 Å². The van der Waals surface area contributed by atoms with Gasteiger partial charge in [-0.2, -0.15) is 0 Å². The number of nitrogens with two attached hydrogens (primary N) is 1. The summed E-state index contributed by atoms with van der Waals surface area (Å²) in [5, 5.41) is 0. The van der Waals surface area contributed by atoms with E-state index < -0.39 is 0 Å². The topological polar surface area (TPSA) is 61.5 Å². The van der Waals surface area contributed by atoms with Crippen LogP contribution in [0.2, 0.25) is 0 Å². The number of benzene rings is 2. The lowest BCUT2D eigenvalue weighted by Gasteiger charge is -2.13. The predicted octanol–water partition coefficient (Wildman–Crippen LogP) is 4.08. The monoisotopic (exact) mass is 313 g/mol. The minimum atomic E-state index is -0.119. The molecular weight excluding hydrogens is 290 g/mol. The molecular formula is C19H23NO3. The molecule has 2 aromatic rings. The Morgan fingerprint density at radius 2 is 1.61 bits per heavy atom. The fraction of sp³-hybridized carbons (Fsp3) is 0.316. The van der Waals surface area contributed by atoms with Crippen LogP contribution in [0.3, 0.4) is 0 Å². The molecule has 0 aliphatic heterocycles. The number of carbonyl (C=O) groups is 1. The van der Waals surface area contributed by atoms with Crippen LogP contribution >= 0.6 is 0 Å². The number of para-hydroxylation sites is 1. The van der Waals surface area contributed by atoms with Crippen molar-refractivity contribution in [3.8, 4) is 11.5 Å². The van der Waals surface area contributed by atoms with Gasteiger partial charge in [0.2, 0.25) is 0 Å². The molecule has 122 valence electrons. The van der Waals surface area contributed by atoms with E-state index in [1.807, 2.05) is 19.9 Å². The number of ether oxygens (including phenoxy) is 2. The first-order valence-electron chi connectivity index (χ1n) is 7.96. The molecule has 2 N–H and O–H groups in total. The molecule has 4 nitrogen and oxygen atoms in total. The van der Waals surface area contributed by atoms with E-state index in [2.05, 4.69) is 0 Å². The van der Waals surface area contributed by atoms with Gasteiger partial charge in [0.1, 0.15) is 0 Å². The maximum atomic E-state index is 12.6. The Labute approximate surface area is 137 Å². The Hall–Kier alpha value is -2.49. The summed E-state index contributed by atoms with van der Waals surface area (Å²) < 4.78 is 11.4. The molecule has 0 atom stereocenters. The Morgan fingerprint density at radius 3 is 2.26 bits per heavy atom. The predicted molar refractivity (Wildman–Crippen MR) is 92.3 cm³/mol. The normalized spacial score (nSPS) is 10.3. The molecule has 2 rings (SSSR count). The molecule has 0 aliphatic carbocycles. The maximum absolute atomic E-state index is 12.6. The number of anilines is 1. The SMILES string of the molecule is CCCOc1ccc(C(=O)c2ccccc2N)cc1OCCC. The van der Waals surface area contributed by atoms with E-state index in [1.165, 1.54) is 0 Å². The van der Waals surface area contributed by atoms with Crippen LogP contribution in [0.5, 0.6) is 11.5 Å². The van der Waals surface area contributed by atoms with Gasteiger partial charge in [-0.05, 0) is 43.2 Å². The second-order valence-corrected chi connectivity index (χ2v) is 5.27. The van der Waals surface area contributed by atoms with Gasteiger partial charge in [0.25, 0.3) is 0 Å². The van der Waals surface area contributed by atoms with E-state index in [4.69, 9.17) is 15.2 Å². The zero-order valence-electron chi connectivity index (χ0n) is 13.7. The first-order valence-corrected chi connectivity index (χ1v) is 7.96. The summed E-state index contributed by atoms with van der Waals surface area (Å²) in [5.74, 6) is 1.14. The summed E-state index contributed by atoms with van der Waals surface area (Å²) in [6.45, 7) is 5.27. The van der Waals surface area contributed by atoms with Gasteiger partial charge in [-0.15, -0.1) is 0 Å². The molecule has 0 saturated heterocycles. The van der Waals surface area contributed by atoms with Gasteiger partial charge in [0.15, 0.2) is 17.3 Å². The van der Waals surface area contributed by atoms with Crippen molar-refractivity contribution in [3.63, 3.8) is 0 Å². The van der Waals surface area contributed by atoms with Crippen LogP contribution in [0, 0.1) is 0 Å². The summed E-state index contributed by atoms with van der Waals surface area (Å²) in [5.41, 5.74) is 7.40. The minimum absolute atomic E-state index is 0.119. The molecule has 0 spiro atoms. The highest BCUT2D eigenvalue weighted by atomic mass is 16.5. The number of ketones is 1. The fourth-order valence-electron chi connectivity index (χ4n) is 2.16. The Bertz CT molecular complexity index is 667. The third-order valence-electron chi connectivity index (χ3n) is 3.33.